The molecule has 0 saturated carbocycles. The first-order chi connectivity index (χ1) is 8.15. The normalized spacial score (nSPS) is 30.6. The fraction of sp³-hybridized carbons (Fsp3) is 0.923. The lowest BCUT2D eigenvalue weighted by atomic mass is 9.77. The van der Waals surface area contributed by atoms with Gasteiger partial charge in [-0.3, -0.25) is 0 Å². The molecule has 0 aliphatic carbocycles. The first-order valence-corrected chi connectivity index (χ1v) is 8.21. The van der Waals surface area contributed by atoms with Gasteiger partial charge in [0, 0.05) is 18.0 Å². The first-order valence-electron chi connectivity index (χ1n) is 6.38. The maximum Gasteiger partial charge on any atom is 0.331 e. The Bertz CT molecular complexity index is 295. The molecule has 3 nitrogen and oxygen atoms in total. The number of carbonyl (C=O) groups is 1. The summed E-state index contributed by atoms with van der Waals surface area (Å²) in [5, 5.41) is 0. The van der Waals surface area contributed by atoms with Crippen molar-refractivity contribution in [3.63, 3.8) is 0 Å². The summed E-state index contributed by atoms with van der Waals surface area (Å²) in [6.07, 6.45) is 2.13. The average molecular weight is 385 g/mol. The Labute approximate surface area is 127 Å². The lowest BCUT2D eigenvalue weighted by molar-refractivity contribution is -0.162. The highest BCUT2D eigenvalue weighted by molar-refractivity contribution is 9.25. The molecule has 0 N–H and O–H groups in total. The minimum atomic E-state index is -0.426. The maximum atomic E-state index is 11.7. The maximum absolute atomic E-state index is 11.7. The topological polar surface area (TPSA) is 29.5 Å². The van der Waals surface area contributed by atoms with E-state index in [4.69, 9.17) is 4.74 Å². The monoisotopic (exact) mass is 383 g/mol. The van der Waals surface area contributed by atoms with Crippen molar-refractivity contribution < 1.29 is 9.53 Å². The number of likely N-dealkylation sites (tertiary alicyclic amines) is 1. The summed E-state index contributed by atoms with van der Waals surface area (Å²) in [4.78, 5) is 14.1. The van der Waals surface area contributed by atoms with E-state index >= 15 is 0 Å². The van der Waals surface area contributed by atoms with Crippen molar-refractivity contribution in [3.8, 4) is 0 Å². The van der Waals surface area contributed by atoms with E-state index in [1.54, 1.807) is 0 Å². The number of hydrogen-bond donors (Lipinski definition) is 0. The lowest BCUT2D eigenvalue weighted by Crippen LogP contribution is -2.50. The van der Waals surface area contributed by atoms with Crippen LogP contribution in [0.15, 0.2) is 0 Å². The molecule has 5 heteroatoms. The van der Waals surface area contributed by atoms with Crippen LogP contribution in [0.1, 0.15) is 40.5 Å². The van der Waals surface area contributed by atoms with Crippen molar-refractivity contribution in [2.75, 3.05) is 7.05 Å². The molecule has 1 rings (SSSR count). The van der Waals surface area contributed by atoms with Gasteiger partial charge in [-0.05, 0) is 47.6 Å². The second-order valence-electron chi connectivity index (χ2n) is 5.86. The molecule has 0 bridgehead atoms. The Morgan fingerprint density at radius 1 is 1.28 bits per heavy atom. The van der Waals surface area contributed by atoms with Crippen molar-refractivity contribution >= 4 is 37.8 Å². The number of esters is 1. The molecule has 0 aromatic carbocycles. The van der Waals surface area contributed by atoms with Crippen LogP contribution in [0.5, 0.6) is 0 Å². The van der Waals surface area contributed by atoms with Crippen LogP contribution in [0, 0.1) is 5.92 Å². The molecule has 18 heavy (non-hydrogen) atoms. The van der Waals surface area contributed by atoms with Crippen LogP contribution in [-0.4, -0.2) is 39.3 Å². The van der Waals surface area contributed by atoms with Gasteiger partial charge in [0.2, 0.25) is 0 Å². The zero-order valence-corrected chi connectivity index (χ0v) is 14.9. The van der Waals surface area contributed by atoms with Gasteiger partial charge in [0.05, 0.1) is 0 Å². The molecule has 2 atom stereocenters. The van der Waals surface area contributed by atoms with Crippen LogP contribution >= 0.6 is 31.9 Å². The number of carbonyl (C=O) groups excluding carboxylic acids is 1. The van der Waals surface area contributed by atoms with E-state index in [-0.39, 0.29) is 5.97 Å². The Morgan fingerprint density at radius 3 is 2.11 bits per heavy atom. The van der Waals surface area contributed by atoms with E-state index < -0.39 is 9.34 Å². The molecule has 0 radical (unpaired) electrons. The van der Waals surface area contributed by atoms with Crippen LogP contribution in [0.2, 0.25) is 0 Å². The third kappa shape index (κ3) is 3.94. The van der Waals surface area contributed by atoms with Crippen LogP contribution in [0.25, 0.3) is 0 Å². The minimum absolute atomic E-state index is 0.251. The molecular weight excluding hydrogens is 362 g/mol. The molecule has 1 aliphatic rings. The van der Waals surface area contributed by atoms with Gasteiger partial charge in [-0.15, -0.1) is 0 Å². The lowest BCUT2D eigenvalue weighted by Gasteiger charge is -2.45. The van der Waals surface area contributed by atoms with Crippen molar-refractivity contribution in [3.05, 3.63) is 0 Å². The molecule has 2 unspecified atom stereocenters. The first kappa shape index (κ1) is 16.4. The summed E-state index contributed by atoms with van der Waals surface area (Å²) in [6.45, 7) is 8.50. The van der Waals surface area contributed by atoms with Gasteiger partial charge in [-0.25, -0.2) is 4.79 Å². The Morgan fingerprint density at radius 2 is 1.72 bits per heavy atom. The van der Waals surface area contributed by atoms with Crippen molar-refractivity contribution in [2.45, 2.75) is 62.0 Å². The fourth-order valence-corrected chi connectivity index (χ4v) is 2.83. The second kappa shape index (κ2) is 6.23. The summed E-state index contributed by atoms with van der Waals surface area (Å²) in [7, 11) is 2.16. The van der Waals surface area contributed by atoms with Gasteiger partial charge < -0.3 is 9.64 Å². The van der Waals surface area contributed by atoms with E-state index in [2.05, 4.69) is 57.7 Å². The molecule has 1 saturated heterocycles. The number of halogens is 2. The third-order valence-corrected chi connectivity index (χ3v) is 4.91. The van der Waals surface area contributed by atoms with Gasteiger partial charge in [-0.1, -0.05) is 31.9 Å². The van der Waals surface area contributed by atoms with E-state index in [9.17, 15) is 4.79 Å². The summed E-state index contributed by atoms with van der Waals surface area (Å²) in [6, 6.07) is 1.06. The minimum Gasteiger partial charge on any atom is -0.458 e. The van der Waals surface area contributed by atoms with E-state index in [0.29, 0.717) is 18.0 Å². The smallest absolute Gasteiger partial charge is 0.331 e. The highest BCUT2D eigenvalue weighted by Crippen LogP contribution is 2.36. The van der Waals surface area contributed by atoms with Crippen LogP contribution < -0.4 is 0 Å². The highest BCUT2D eigenvalue weighted by Gasteiger charge is 2.40. The van der Waals surface area contributed by atoms with Crippen molar-refractivity contribution in [2.24, 2.45) is 5.92 Å². The number of ether oxygens (including phenoxy) is 1. The number of alkyl halides is 2. The third-order valence-electron chi connectivity index (χ3n) is 4.17. The number of rotatable bonds is 3. The Hall–Kier alpha value is 0.390. The molecule has 0 amide bonds. The quantitative estimate of drug-likeness (QED) is 0.550. The molecule has 1 aliphatic heterocycles. The zero-order valence-electron chi connectivity index (χ0n) is 11.7. The van der Waals surface area contributed by atoms with Crippen molar-refractivity contribution in [1.29, 1.82) is 0 Å². The SMILES string of the molecule is CC1CC(C(C)(C)OC(=O)C(Br)Br)CC(C)N1C. The van der Waals surface area contributed by atoms with Crippen LogP contribution in [0.3, 0.4) is 0 Å². The number of nitrogens with zero attached hydrogens (tertiary/aromatic N) is 1. The standard InChI is InChI=1S/C13H23Br2NO2/c1-8-6-10(7-9(2)16(8)5)13(3,4)18-12(17)11(14)15/h8-11H,6-7H2,1-5H3. The summed E-state index contributed by atoms with van der Waals surface area (Å²) >= 11 is 6.37. The second-order valence-corrected chi connectivity index (χ2v) is 8.92. The van der Waals surface area contributed by atoms with Crippen LogP contribution in [-0.2, 0) is 9.53 Å². The molecule has 0 aromatic heterocycles. The zero-order chi connectivity index (χ0) is 14.1. The summed E-state index contributed by atoms with van der Waals surface area (Å²) in [5.41, 5.74) is -0.416. The molecule has 106 valence electrons. The summed E-state index contributed by atoms with van der Waals surface area (Å²) in [5.74, 6) is 0.153. The van der Waals surface area contributed by atoms with Crippen LogP contribution in [0.4, 0.5) is 0 Å². The molecular formula is C13H23Br2NO2. The Balaban J connectivity index is 2.70. The number of piperidine rings is 1. The Kier molecular flexibility index (Phi) is 5.69. The van der Waals surface area contributed by atoms with Gasteiger partial charge in [0.15, 0.2) is 3.74 Å². The fourth-order valence-electron chi connectivity index (χ4n) is 2.64. The largest absolute Gasteiger partial charge is 0.458 e. The van der Waals surface area contributed by atoms with Gasteiger partial charge in [0.1, 0.15) is 5.60 Å². The van der Waals surface area contributed by atoms with E-state index in [1.165, 1.54) is 0 Å². The van der Waals surface area contributed by atoms with Crippen molar-refractivity contribution in [1.82, 2.24) is 4.90 Å². The predicted molar refractivity (Wildman–Crippen MR) is 81.2 cm³/mol. The molecule has 1 heterocycles. The average Bonchev–Trinajstić information content (AvgIpc) is 2.24. The number of hydrogen-bond acceptors (Lipinski definition) is 3. The summed E-state index contributed by atoms with van der Waals surface area (Å²) < 4.78 is 5.19. The molecule has 0 spiro atoms. The van der Waals surface area contributed by atoms with Gasteiger partial charge in [0.25, 0.3) is 0 Å². The van der Waals surface area contributed by atoms with E-state index in [0.717, 1.165) is 12.8 Å². The molecule has 1 fully saturated rings. The molecule has 0 aromatic rings. The van der Waals surface area contributed by atoms with E-state index in [1.807, 2.05) is 13.8 Å². The predicted octanol–water partition coefficient (Wildman–Crippen LogP) is 3.54. The van der Waals surface area contributed by atoms with Gasteiger partial charge >= 0.3 is 5.97 Å². The highest BCUT2D eigenvalue weighted by atomic mass is 79.9. The van der Waals surface area contributed by atoms with Gasteiger partial charge in [-0.2, -0.15) is 0 Å².